The first-order valence-electron chi connectivity index (χ1n) is 9.55. The summed E-state index contributed by atoms with van der Waals surface area (Å²) < 4.78 is 0. The third-order valence-corrected chi connectivity index (χ3v) is 5.24. The van der Waals surface area contributed by atoms with E-state index in [0.29, 0.717) is 32.0 Å². The number of aromatic nitrogens is 1. The standard InChI is InChI=1S/C20H29N3O2/c1-14(2)10-19(24)23-8-6-16(7-9-23)20(25)22-13-15-11-17-4-3-5-18(17)21-12-15/h11-12,14,16H,3-10,13H2,1-2H3,(H,22,25). The van der Waals surface area contributed by atoms with Crippen molar-refractivity contribution >= 4 is 11.8 Å². The van der Waals surface area contributed by atoms with Crippen LogP contribution in [0, 0.1) is 11.8 Å². The molecule has 2 aliphatic rings. The molecule has 1 aliphatic heterocycles. The van der Waals surface area contributed by atoms with Crippen molar-refractivity contribution < 1.29 is 9.59 Å². The van der Waals surface area contributed by atoms with E-state index in [-0.39, 0.29) is 17.7 Å². The van der Waals surface area contributed by atoms with E-state index in [1.165, 1.54) is 17.7 Å². The molecule has 0 radical (unpaired) electrons. The molecule has 1 N–H and O–H groups in total. The summed E-state index contributed by atoms with van der Waals surface area (Å²) in [4.78, 5) is 30.9. The van der Waals surface area contributed by atoms with Crippen molar-refractivity contribution in [3.8, 4) is 0 Å². The predicted molar refractivity (Wildman–Crippen MR) is 96.9 cm³/mol. The zero-order chi connectivity index (χ0) is 17.8. The second-order valence-corrected chi connectivity index (χ2v) is 7.77. The Morgan fingerprint density at radius 1 is 1.28 bits per heavy atom. The van der Waals surface area contributed by atoms with Crippen LogP contribution >= 0.6 is 0 Å². The van der Waals surface area contributed by atoms with Crippen molar-refractivity contribution in [2.45, 2.75) is 58.9 Å². The van der Waals surface area contributed by atoms with Crippen LogP contribution in [0.1, 0.15) is 56.4 Å². The Balaban J connectivity index is 1.44. The Bertz CT molecular complexity index is 634. The minimum atomic E-state index is 0.0190. The average Bonchev–Trinajstić information content (AvgIpc) is 3.07. The van der Waals surface area contributed by atoms with E-state index in [1.807, 2.05) is 11.1 Å². The molecule has 0 saturated carbocycles. The Morgan fingerprint density at radius 3 is 2.76 bits per heavy atom. The van der Waals surface area contributed by atoms with Crippen LogP contribution < -0.4 is 5.32 Å². The summed E-state index contributed by atoms with van der Waals surface area (Å²) in [6, 6.07) is 2.18. The Hall–Kier alpha value is -1.91. The molecule has 0 bridgehead atoms. The highest BCUT2D eigenvalue weighted by atomic mass is 16.2. The second-order valence-electron chi connectivity index (χ2n) is 7.77. The molecule has 1 aromatic heterocycles. The number of hydrogen-bond donors (Lipinski definition) is 1. The minimum absolute atomic E-state index is 0.0190. The van der Waals surface area contributed by atoms with Crippen LogP contribution in [0.2, 0.25) is 0 Å². The number of likely N-dealkylation sites (tertiary alicyclic amines) is 1. The van der Waals surface area contributed by atoms with E-state index in [2.05, 4.69) is 30.2 Å². The Morgan fingerprint density at radius 2 is 2.04 bits per heavy atom. The molecule has 2 heterocycles. The van der Waals surface area contributed by atoms with E-state index in [9.17, 15) is 9.59 Å². The zero-order valence-electron chi connectivity index (χ0n) is 15.4. The van der Waals surface area contributed by atoms with Gasteiger partial charge in [-0.25, -0.2) is 0 Å². The molecule has 1 aliphatic carbocycles. The normalized spacial score (nSPS) is 17.6. The number of aryl methyl sites for hydroxylation is 2. The molecule has 3 rings (SSSR count). The summed E-state index contributed by atoms with van der Waals surface area (Å²) >= 11 is 0. The molecule has 1 aromatic rings. The van der Waals surface area contributed by atoms with Gasteiger partial charge in [-0.2, -0.15) is 0 Å². The molecule has 5 heteroatoms. The van der Waals surface area contributed by atoms with Gasteiger partial charge in [0.05, 0.1) is 0 Å². The topological polar surface area (TPSA) is 62.3 Å². The summed E-state index contributed by atoms with van der Waals surface area (Å²) in [7, 11) is 0. The van der Waals surface area contributed by atoms with Crippen molar-refractivity contribution in [2.75, 3.05) is 13.1 Å². The van der Waals surface area contributed by atoms with Crippen molar-refractivity contribution in [3.63, 3.8) is 0 Å². The highest BCUT2D eigenvalue weighted by molar-refractivity contribution is 5.80. The number of nitrogens with one attached hydrogen (secondary N) is 1. The fraction of sp³-hybridized carbons (Fsp3) is 0.650. The number of pyridine rings is 1. The molecule has 136 valence electrons. The maximum absolute atomic E-state index is 12.4. The number of fused-ring (bicyclic) bond motifs is 1. The largest absolute Gasteiger partial charge is 0.352 e. The number of carbonyl (C=O) groups excluding carboxylic acids is 2. The van der Waals surface area contributed by atoms with Gasteiger partial charge < -0.3 is 10.2 Å². The maximum atomic E-state index is 12.4. The van der Waals surface area contributed by atoms with E-state index in [0.717, 1.165) is 31.2 Å². The summed E-state index contributed by atoms with van der Waals surface area (Å²) in [5.74, 6) is 0.731. The van der Waals surface area contributed by atoms with E-state index < -0.39 is 0 Å². The van der Waals surface area contributed by atoms with Gasteiger partial charge in [-0.15, -0.1) is 0 Å². The number of nitrogens with zero attached hydrogens (tertiary/aromatic N) is 2. The summed E-state index contributed by atoms with van der Waals surface area (Å²) in [6.07, 6.45) is 7.38. The monoisotopic (exact) mass is 343 g/mol. The lowest BCUT2D eigenvalue weighted by atomic mass is 9.95. The molecule has 25 heavy (non-hydrogen) atoms. The fourth-order valence-corrected chi connectivity index (χ4v) is 3.78. The van der Waals surface area contributed by atoms with E-state index >= 15 is 0 Å². The third-order valence-electron chi connectivity index (χ3n) is 5.24. The van der Waals surface area contributed by atoms with Gasteiger partial charge in [0.1, 0.15) is 0 Å². The van der Waals surface area contributed by atoms with Crippen LogP contribution in [0.3, 0.4) is 0 Å². The first kappa shape index (κ1) is 17.9. The SMILES string of the molecule is CC(C)CC(=O)N1CCC(C(=O)NCc2cnc3c(c2)CCC3)CC1. The van der Waals surface area contributed by atoms with Gasteiger partial charge in [0.25, 0.3) is 0 Å². The average molecular weight is 343 g/mol. The molecule has 1 fully saturated rings. The van der Waals surface area contributed by atoms with Crippen LogP contribution in [0.4, 0.5) is 0 Å². The van der Waals surface area contributed by atoms with Gasteiger partial charge in [-0.3, -0.25) is 14.6 Å². The lowest BCUT2D eigenvalue weighted by Gasteiger charge is -2.31. The Labute approximate surface area is 150 Å². The molecule has 0 atom stereocenters. The summed E-state index contributed by atoms with van der Waals surface area (Å²) in [5, 5.41) is 3.05. The van der Waals surface area contributed by atoms with E-state index in [4.69, 9.17) is 0 Å². The Kier molecular flexibility index (Phi) is 5.71. The number of carbonyl (C=O) groups is 2. The third kappa shape index (κ3) is 4.59. The zero-order valence-corrected chi connectivity index (χ0v) is 15.4. The number of rotatable bonds is 5. The van der Waals surface area contributed by atoms with E-state index in [1.54, 1.807) is 0 Å². The van der Waals surface area contributed by atoms with Crippen molar-refractivity contribution in [3.05, 3.63) is 29.1 Å². The highest BCUT2D eigenvalue weighted by Gasteiger charge is 2.27. The highest BCUT2D eigenvalue weighted by Crippen LogP contribution is 2.21. The second kappa shape index (κ2) is 7.98. The lowest BCUT2D eigenvalue weighted by molar-refractivity contribution is -0.136. The van der Waals surface area contributed by atoms with Crippen molar-refractivity contribution in [1.29, 1.82) is 0 Å². The van der Waals surface area contributed by atoms with Gasteiger partial charge in [-0.1, -0.05) is 19.9 Å². The molecule has 0 spiro atoms. The van der Waals surface area contributed by atoms with Gasteiger partial charge in [0, 0.05) is 43.9 Å². The van der Waals surface area contributed by atoms with Crippen molar-refractivity contribution in [1.82, 2.24) is 15.2 Å². The van der Waals surface area contributed by atoms with Crippen molar-refractivity contribution in [2.24, 2.45) is 11.8 Å². The van der Waals surface area contributed by atoms with Crippen LogP contribution in [-0.4, -0.2) is 34.8 Å². The minimum Gasteiger partial charge on any atom is -0.352 e. The molecule has 0 aromatic carbocycles. The molecular weight excluding hydrogens is 314 g/mol. The molecule has 2 amide bonds. The van der Waals surface area contributed by atoms with Crippen LogP contribution in [-0.2, 0) is 29.0 Å². The first-order chi connectivity index (χ1) is 12.0. The summed E-state index contributed by atoms with van der Waals surface area (Å²) in [5.41, 5.74) is 3.63. The van der Waals surface area contributed by atoms with Gasteiger partial charge in [-0.05, 0) is 49.1 Å². The van der Waals surface area contributed by atoms with Crippen LogP contribution in [0.15, 0.2) is 12.3 Å². The lowest BCUT2D eigenvalue weighted by Crippen LogP contribution is -2.43. The molecular formula is C20H29N3O2. The molecule has 1 saturated heterocycles. The van der Waals surface area contributed by atoms with Gasteiger partial charge in [0.15, 0.2) is 0 Å². The smallest absolute Gasteiger partial charge is 0.223 e. The summed E-state index contributed by atoms with van der Waals surface area (Å²) in [6.45, 7) is 6.07. The molecule has 5 nitrogen and oxygen atoms in total. The van der Waals surface area contributed by atoms with Gasteiger partial charge >= 0.3 is 0 Å². The molecule has 0 unspecified atom stereocenters. The maximum Gasteiger partial charge on any atom is 0.223 e. The fourth-order valence-electron chi connectivity index (χ4n) is 3.78. The first-order valence-corrected chi connectivity index (χ1v) is 9.55. The van der Waals surface area contributed by atoms with Gasteiger partial charge in [0.2, 0.25) is 11.8 Å². The van der Waals surface area contributed by atoms with Crippen LogP contribution in [0.5, 0.6) is 0 Å². The van der Waals surface area contributed by atoms with Crippen LogP contribution in [0.25, 0.3) is 0 Å². The predicted octanol–water partition coefficient (Wildman–Crippen LogP) is 2.47. The quantitative estimate of drug-likeness (QED) is 0.893. The number of hydrogen-bond acceptors (Lipinski definition) is 3. The number of amides is 2. The number of piperidine rings is 1.